The Morgan fingerprint density at radius 1 is 1.06 bits per heavy atom. The van der Waals surface area contributed by atoms with Crippen molar-refractivity contribution in [1.82, 2.24) is 9.80 Å². The van der Waals surface area contributed by atoms with Crippen LogP contribution in [0.5, 0.6) is 0 Å². The second-order valence-corrected chi connectivity index (χ2v) is 5.99. The quantitative estimate of drug-likeness (QED) is 0.702. The van der Waals surface area contributed by atoms with Crippen molar-refractivity contribution in [2.75, 3.05) is 38.5 Å². The van der Waals surface area contributed by atoms with Crippen LogP contribution in [0.3, 0.4) is 0 Å². The number of rotatable bonds is 7. The van der Waals surface area contributed by atoms with Crippen molar-refractivity contribution in [2.45, 2.75) is 46.1 Å². The molecule has 0 radical (unpaired) electrons. The highest BCUT2D eigenvalue weighted by Crippen LogP contribution is 2.12. The topological polar surface area (TPSA) is 6.48 Å². The molecule has 0 aromatic rings. The maximum Gasteiger partial charge on any atom is 0.0113 e. The van der Waals surface area contributed by atoms with Gasteiger partial charge in [-0.1, -0.05) is 13.8 Å². The van der Waals surface area contributed by atoms with Gasteiger partial charge in [-0.2, -0.15) is 12.6 Å². The lowest BCUT2D eigenvalue weighted by atomic mass is 10.0. The van der Waals surface area contributed by atoms with Crippen molar-refractivity contribution >= 4 is 12.6 Å². The molecule has 2 atom stereocenters. The standard InChI is InChI=1S/C14H30N2S/c1-4-14(3)16-10-8-15(9-11-16)7-5-13(2)6-12-17/h13-14,17H,4-12H2,1-3H3. The minimum absolute atomic E-state index is 0.764. The van der Waals surface area contributed by atoms with Crippen LogP contribution in [0.1, 0.15) is 40.0 Å². The molecule has 102 valence electrons. The molecule has 0 aromatic heterocycles. The average molecular weight is 258 g/mol. The van der Waals surface area contributed by atoms with E-state index in [1.165, 1.54) is 52.0 Å². The van der Waals surface area contributed by atoms with Crippen LogP contribution < -0.4 is 0 Å². The van der Waals surface area contributed by atoms with Gasteiger partial charge >= 0.3 is 0 Å². The molecule has 0 saturated carbocycles. The minimum Gasteiger partial charge on any atom is -0.301 e. The normalized spacial score (nSPS) is 22.6. The zero-order valence-corrected chi connectivity index (χ0v) is 12.8. The van der Waals surface area contributed by atoms with Crippen molar-refractivity contribution in [2.24, 2.45) is 5.92 Å². The van der Waals surface area contributed by atoms with Gasteiger partial charge in [-0.3, -0.25) is 4.90 Å². The Bertz CT molecular complexity index is 191. The van der Waals surface area contributed by atoms with Gasteiger partial charge in [-0.05, 0) is 44.4 Å². The van der Waals surface area contributed by atoms with Crippen LogP contribution in [0.2, 0.25) is 0 Å². The Morgan fingerprint density at radius 2 is 1.71 bits per heavy atom. The van der Waals surface area contributed by atoms with Crippen LogP contribution >= 0.6 is 12.6 Å². The highest BCUT2D eigenvalue weighted by atomic mass is 32.1. The van der Waals surface area contributed by atoms with E-state index in [4.69, 9.17) is 0 Å². The molecule has 2 unspecified atom stereocenters. The molecule has 1 aliphatic rings. The summed E-state index contributed by atoms with van der Waals surface area (Å²) in [4.78, 5) is 5.27. The summed E-state index contributed by atoms with van der Waals surface area (Å²) >= 11 is 4.30. The number of hydrogen-bond acceptors (Lipinski definition) is 3. The lowest BCUT2D eigenvalue weighted by Gasteiger charge is -2.38. The second-order valence-electron chi connectivity index (χ2n) is 5.54. The van der Waals surface area contributed by atoms with E-state index < -0.39 is 0 Å². The highest BCUT2D eigenvalue weighted by molar-refractivity contribution is 7.80. The second kappa shape index (κ2) is 8.39. The number of piperazine rings is 1. The van der Waals surface area contributed by atoms with Crippen LogP contribution in [0.25, 0.3) is 0 Å². The predicted molar refractivity (Wildman–Crippen MR) is 80.0 cm³/mol. The van der Waals surface area contributed by atoms with Crippen molar-refractivity contribution in [1.29, 1.82) is 0 Å². The van der Waals surface area contributed by atoms with E-state index in [1.54, 1.807) is 0 Å². The van der Waals surface area contributed by atoms with E-state index >= 15 is 0 Å². The number of hydrogen-bond donors (Lipinski definition) is 1. The third kappa shape index (κ3) is 5.62. The molecule has 0 bridgehead atoms. The van der Waals surface area contributed by atoms with Crippen LogP contribution in [-0.4, -0.2) is 54.3 Å². The highest BCUT2D eigenvalue weighted by Gasteiger charge is 2.19. The van der Waals surface area contributed by atoms with Gasteiger partial charge in [0, 0.05) is 32.2 Å². The lowest BCUT2D eigenvalue weighted by molar-refractivity contribution is 0.0971. The third-order valence-corrected chi connectivity index (χ3v) is 4.44. The smallest absolute Gasteiger partial charge is 0.0113 e. The fraction of sp³-hybridized carbons (Fsp3) is 1.00. The van der Waals surface area contributed by atoms with E-state index in [0.29, 0.717) is 0 Å². The molecule has 17 heavy (non-hydrogen) atoms. The Morgan fingerprint density at radius 3 is 2.24 bits per heavy atom. The van der Waals surface area contributed by atoms with E-state index in [-0.39, 0.29) is 0 Å². The number of thiol groups is 1. The summed E-state index contributed by atoms with van der Waals surface area (Å²) in [7, 11) is 0. The Balaban J connectivity index is 2.14. The van der Waals surface area contributed by atoms with Gasteiger partial charge in [0.1, 0.15) is 0 Å². The summed E-state index contributed by atoms with van der Waals surface area (Å²) in [5.74, 6) is 1.86. The first-order valence-electron chi connectivity index (χ1n) is 7.24. The summed E-state index contributed by atoms with van der Waals surface area (Å²) in [6.07, 6.45) is 3.87. The summed E-state index contributed by atoms with van der Waals surface area (Å²) in [5.41, 5.74) is 0. The molecular weight excluding hydrogens is 228 g/mol. The maximum atomic E-state index is 4.30. The molecule has 0 spiro atoms. The Hall–Kier alpha value is 0.270. The van der Waals surface area contributed by atoms with Crippen molar-refractivity contribution in [3.63, 3.8) is 0 Å². The number of nitrogens with zero attached hydrogens (tertiary/aromatic N) is 2. The molecule has 0 aliphatic carbocycles. The zero-order valence-electron chi connectivity index (χ0n) is 11.9. The molecule has 2 nitrogen and oxygen atoms in total. The Labute approximate surface area is 113 Å². The molecule has 3 heteroatoms. The SMILES string of the molecule is CCC(C)N1CCN(CCC(C)CCS)CC1. The molecular formula is C14H30N2S. The van der Waals surface area contributed by atoms with E-state index in [2.05, 4.69) is 43.2 Å². The molecule has 0 N–H and O–H groups in total. The van der Waals surface area contributed by atoms with E-state index in [1.807, 2.05) is 0 Å². The van der Waals surface area contributed by atoms with Gasteiger partial charge in [0.15, 0.2) is 0 Å². The molecule has 1 rings (SSSR count). The largest absolute Gasteiger partial charge is 0.301 e. The molecule has 1 aliphatic heterocycles. The predicted octanol–water partition coefficient (Wildman–Crippen LogP) is 2.75. The molecule has 1 fully saturated rings. The van der Waals surface area contributed by atoms with Crippen LogP contribution in [0, 0.1) is 5.92 Å². The first-order chi connectivity index (χ1) is 8.17. The van der Waals surface area contributed by atoms with Crippen molar-refractivity contribution in [3.8, 4) is 0 Å². The van der Waals surface area contributed by atoms with Crippen molar-refractivity contribution in [3.05, 3.63) is 0 Å². The van der Waals surface area contributed by atoms with E-state index in [0.717, 1.165) is 17.7 Å². The molecule has 1 saturated heterocycles. The van der Waals surface area contributed by atoms with Gasteiger partial charge in [0.25, 0.3) is 0 Å². The van der Waals surface area contributed by atoms with E-state index in [9.17, 15) is 0 Å². The minimum atomic E-state index is 0.764. The maximum absolute atomic E-state index is 4.30. The molecule has 0 aromatic carbocycles. The van der Waals surface area contributed by atoms with Crippen molar-refractivity contribution < 1.29 is 0 Å². The lowest BCUT2D eigenvalue weighted by Crippen LogP contribution is -2.49. The molecule has 1 heterocycles. The summed E-state index contributed by atoms with van der Waals surface area (Å²) in [6.45, 7) is 13.3. The average Bonchev–Trinajstić information content (AvgIpc) is 2.36. The fourth-order valence-electron chi connectivity index (χ4n) is 2.45. The van der Waals surface area contributed by atoms with Gasteiger partial charge < -0.3 is 4.90 Å². The van der Waals surface area contributed by atoms with Gasteiger partial charge in [-0.15, -0.1) is 0 Å². The Kier molecular flexibility index (Phi) is 7.56. The summed E-state index contributed by atoms with van der Waals surface area (Å²) in [6, 6.07) is 0.764. The monoisotopic (exact) mass is 258 g/mol. The molecule has 0 amide bonds. The van der Waals surface area contributed by atoms with Gasteiger partial charge in [-0.25, -0.2) is 0 Å². The first-order valence-corrected chi connectivity index (χ1v) is 7.87. The summed E-state index contributed by atoms with van der Waals surface area (Å²) < 4.78 is 0. The third-order valence-electron chi connectivity index (χ3n) is 4.18. The fourth-order valence-corrected chi connectivity index (χ4v) is 2.89. The van der Waals surface area contributed by atoms with Crippen LogP contribution in [0.15, 0.2) is 0 Å². The van der Waals surface area contributed by atoms with Gasteiger partial charge in [0.05, 0.1) is 0 Å². The van der Waals surface area contributed by atoms with Crippen LogP contribution in [0.4, 0.5) is 0 Å². The first kappa shape index (κ1) is 15.3. The summed E-state index contributed by atoms with van der Waals surface area (Å²) in [5, 5.41) is 0. The van der Waals surface area contributed by atoms with Gasteiger partial charge in [0.2, 0.25) is 0 Å². The van der Waals surface area contributed by atoms with Crippen LogP contribution in [-0.2, 0) is 0 Å². The zero-order chi connectivity index (χ0) is 12.7.